The van der Waals surface area contributed by atoms with Crippen molar-refractivity contribution in [3.63, 3.8) is 0 Å². The molecule has 0 bridgehead atoms. The van der Waals surface area contributed by atoms with Crippen LogP contribution >= 0.6 is 12.2 Å². The van der Waals surface area contributed by atoms with Crippen molar-refractivity contribution < 1.29 is 0 Å². The van der Waals surface area contributed by atoms with Crippen LogP contribution in [0, 0.1) is 6.92 Å². The summed E-state index contributed by atoms with van der Waals surface area (Å²) in [6, 6.07) is 21.4. The maximum absolute atomic E-state index is 5.87. The van der Waals surface area contributed by atoms with Crippen LogP contribution in [0.15, 0.2) is 72.9 Å². The first kappa shape index (κ1) is 21.7. The molecule has 5 heteroatoms. The van der Waals surface area contributed by atoms with Crippen molar-refractivity contribution in [1.82, 2.24) is 10.3 Å². The number of fused-ring (bicyclic) bond motifs is 1. The Morgan fingerprint density at radius 3 is 2.45 bits per heavy atom. The van der Waals surface area contributed by atoms with Gasteiger partial charge in [-0.1, -0.05) is 35.9 Å². The third-order valence-corrected chi connectivity index (χ3v) is 7.31. The van der Waals surface area contributed by atoms with Crippen LogP contribution < -0.4 is 15.1 Å². The standard InChI is InChI=1S/C28H30N4S/c1-18-9-12-21(13-10-18)32-26(25(30-27(32)33)23-8-6-7-15-29-23)20-11-14-24-22(16-20)19(2)17-28(3,4)31(24)5/h6-17,25-26H,1-5H3,(H,30,33)/t25-,26-/m0/s1. The van der Waals surface area contributed by atoms with E-state index in [-0.39, 0.29) is 17.6 Å². The van der Waals surface area contributed by atoms with E-state index >= 15 is 0 Å². The molecule has 0 amide bonds. The molecule has 2 atom stereocenters. The fraction of sp³-hybridized carbons (Fsp3) is 0.286. The van der Waals surface area contributed by atoms with Gasteiger partial charge >= 0.3 is 0 Å². The molecule has 2 aromatic carbocycles. The van der Waals surface area contributed by atoms with Crippen LogP contribution in [0.5, 0.6) is 0 Å². The monoisotopic (exact) mass is 454 g/mol. The number of pyridine rings is 1. The van der Waals surface area contributed by atoms with Crippen LogP contribution in [-0.2, 0) is 0 Å². The van der Waals surface area contributed by atoms with Crippen molar-refractivity contribution in [1.29, 1.82) is 0 Å². The molecule has 4 nitrogen and oxygen atoms in total. The van der Waals surface area contributed by atoms with Crippen molar-refractivity contribution in [3.05, 3.63) is 95.3 Å². The predicted molar refractivity (Wildman–Crippen MR) is 142 cm³/mol. The Hall–Kier alpha value is -3.18. The van der Waals surface area contributed by atoms with Crippen molar-refractivity contribution in [2.45, 2.75) is 45.3 Å². The minimum atomic E-state index is -0.0416. The van der Waals surface area contributed by atoms with E-state index in [1.165, 1.54) is 28.0 Å². The number of nitrogens with one attached hydrogen (secondary N) is 1. The van der Waals surface area contributed by atoms with Crippen LogP contribution in [0.3, 0.4) is 0 Å². The van der Waals surface area contributed by atoms with Gasteiger partial charge in [0.2, 0.25) is 0 Å². The Morgan fingerprint density at radius 1 is 1.00 bits per heavy atom. The second-order valence-electron chi connectivity index (χ2n) is 9.65. The van der Waals surface area contributed by atoms with Gasteiger partial charge in [-0.3, -0.25) is 4.98 Å². The maximum atomic E-state index is 5.87. The van der Waals surface area contributed by atoms with Crippen molar-refractivity contribution in [2.24, 2.45) is 0 Å². The number of likely N-dealkylation sites (N-methyl/N-ethyl adjacent to an activating group) is 1. The first-order chi connectivity index (χ1) is 15.8. The zero-order chi connectivity index (χ0) is 23.3. The average Bonchev–Trinajstić information content (AvgIpc) is 3.15. The van der Waals surface area contributed by atoms with Gasteiger partial charge in [0.25, 0.3) is 0 Å². The molecule has 3 aromatic rings. The number of aryl methyl sites for hydroxylation is 1. The van der Waals surface area contributed by atoms with Gasteiger partial charge in [0.1, 0.15) is 0 Å². The fourth-order valence-corrected chi connectivity index (χ4v) is 5.38. The lowest BCUT2D eigenvalue weighted by atomic mass is 9.86. The van der Waals surface area contributed by atoms with Crippen molar-refractivity contribution in [3.8, 4) is 0 Å². The van der Waals surface area contributed by atoms with Gasteiger partial charge in [0.05, 0.1) is 23.3 Å². The third kappa shape index (κ3) is 3.70. The van der Waals surface area contributed by atoms with E-state index in [1.54, 1.807) is 0 Å². The Labute approximate surface area is 202 Å². The topological polar surface area (TPSA) is 31.4 Å². The minimum absolute atomic E-state index is 0.00607. The first-order valence-corrected chi connectivity index (χ1v) is 11.8. The normalized spacial score (nSPS) is 21.5. The van der Waals surface area contributed by atoms with Gasteiger partial charge < -0.3 is 15.1 Å². The number of benzene rings is 2. The molecule has 1 N–H and O–H groups in total. The molecule has 1 saturated heterocycles. The van der Waals surface area contributed by atoms with E-state index in [9.17, 15) is 0 Å². The zero-order valence-corrected chi connectivity index (χ0v) is 20.6. The highest BCUT2D eigenvalue weighted by atomic mass is 32.1. The number of aromatic nitrogens is 1. The molecule has 0 saturated carbocycles. The maximum Gasteiger partial charge on any atom is 0.174 e. The highest BCUT2D eigenvalue weighted by molar-refractivity contribution is 7.80. The minimum Gasteiger partial charge on any atom is -0.366 e. The number of anilines is 2. The van der Waals surface area contributed by atoms with E-state index in [4.69, 9.17) is 12.2 Å². The van der Waals surface area contributed by atoms with Gasteiger partial charge in [-0.05, 0) is 87.4 Å². The molecule has 1 aromatic heterocycles. The van der Waals surface area contributed by atoms with Crippen LogP contribution in [-0.4, -0.2) is 22.7 Å². The lowest BCUT2D eigenvalue weighted by Gasteiger charge is -2.41. The summed E-state index contributed by atoms with van der Waals surface area (Å²) in [5.74, 6) is 0. The van der Waals surface area contributed by atoms with Gasteiger partial charge in [-0.15, -0.1) is 0 Å². The number of nitrogens with zero attached hydrogens (tertiary/aromatic N) is 3. The van der Waals surface area contributed by atoms with E-state index < -0.39 is 0 Å². The SMILES string of the molecule is CC1=CC(C)(C)N(C)c2ccc([C@H]3[C@H](c4ccccn4)NC(=S)N3c3ccc(C)cc3)cc21. The summed E-state index contributed by atoms with van der Waals surface area (Å²) in [7, 11) is 2.17. The molecule has 0 unspecified atom stereocenters. The van der Waals surface area contributed by atoms with Gasteiger partial charge in [-0.25, -0.2) is 0 Å². The predicted octanol–water partition coefficient (Wildman–Crippen LogP) is 6.20. The molecule has 2 aliphatic heterocycles. The summed E-state index contributed by atoms with van der Waals surface area (Å²) in [5, 5.41) is 4.29. The lowest BCUT2D eigenvalue weighted by Crippen LogP contribution is -2.42. The van der Waals surface area contributed by atoms with Crippen molar-refractivity contribution >= 4 is 34.3 Å². The summed E-state index contributed by atoms with van der Waals surface area (Å²) in [5.41, 5.74) is 8.35. The average molecular weight is 455 g/mol. The summed E-state index contributed by atoms with van der Waals surface area (Å²) in [6.07, 6.45) is 4.20. The van der Waals surface area contributed by atoms with E-state index in [0.29, 0.717) is 0 Å². The summed E-state index contributed by atoms with van der Waals surface area (Å²) in [4.78, 5) is 9.27. The molecule has 3 heterocycles. The summed E-state index contributed by atoms with van der Waals surface area (Å²) in [6.45, 7) is 8.82. The summed E-state index contributed by atoms with van der Waals surface area (Å²) < 4.78 is 0. The van der Waals surface area contributed by atoms with Gasteiger partial charge in [-0.2, -0.15) is 0 Å². The molecule has 168 valence electrons. The molecule has 2 aliphatic rings. The second-order valence-corrected chi connectivity index (χ2v) is 10.0. The zero-order valence-electron chi connectivity index (χ0n) is 19.8. The molecule has 0 spiro atoms. The highest BCUT2D eigenvalue weighted by Gasteiger charge is 2.41. The molecular weight excluding hydrogens is 424 g/mol. The van der Waals surface area contributed by atoms with Crippen molar-refractivity contribution in [2.75, 3.05) is 16.8 Å². The van der Waals surface area contributed by atoms with Gasteiger partial charge in [0, 0.05) is 30.2 Å². The molecule has 0 radical (unpaired) electrons. The molecule has 33 heavy (non-hydrogen) atoms. The highest BCUT2D eigenvalue weighted by Crippen LogP contribution is 2.45. The Kier molecular flexibility index (Phi) is 5.25. The number of thiocarbonyl (C=S) groups is 1. The second kappa shape index (κ2) is 7.99. The van der Waals surface area contributed by atoms with Crippen LogP contribution in [0.25, 0.3) is 5.57 Å². The molecule has 0 aliphatic carbocycles. The number of allylic oxidation sites excluding steroid dienone is 1. The Morgan fingerprint density at radius 2 is 1.76 bits per heavy atom. The van der Waals surface area contributed by atoms with E-state index in [1.807, 2.05) is 18.3 Å². The smallest absolute Gasteiger partial charge is 0.174 e. The molecule has 1 fully saturated rings. The van der Waals surface area contributed by atoms with E-state index in [0.717, 1.165) is 16.5 Å². The van der Waals surface area contributed by atoms with Crippen LogP contribution in [0.1, 0.15) is 55.2 Å². The number of rotatable bonds is 3. The van der Waals surface area contributed by atoms with Gasteiger partial charge in [0.15, 0.2) is 5.11 Å². The number of hydrogen-bond donors (Lipinski definition) is 1. The van der Waals surface area contributed by atoms with Crippen LogP contribution in [0.4, 0.5) is 11.4 Å². The Bertz CT molecular complexity index is 1230. The largest absolute Gasteiger partial charge is 0.366 e. The quantitative estimate of drug-likeness (QED) is 0.476. The number of hydrogen-bond acceptors (Lipinski definition) is 3. The molecule has 5 rings (SSSR count). The Balaban J connectivity index is 1.65. The van der Waals surface area contributed by atoms with E-state index in [2.05, 4.69) is 109 Å². The lowest BCUT2D eigenvalue weighted by molar-refractivity contribution is 0.566. The summed E-state index contributed by atoms with van der Waals surface area (Å²) >= 11 is 5.87. The van der Waals surface area contributed by atoms with Crippen LogP contribution in [0.2, 0.25) is 0 Å². The fourth-order valence-electron chi connectivity index (χ4n) is 5.04. The first-order valence-electron chi connectivity index (χ1n) is 11.4. The third-order valence-electron chi connectivity index (χ3n) is 6.99. The molecular formula is C28H30N4S.